The first-order valence-corrected chi connectivity index (χ1v) is 5.80. The molecule has 0 bridgehead atoms. The van der Waals surface area contributed by atoms with Crippen molar-refractivity contribution in [3.05, 3.63) is 35.4 Å². The van der Waals surface area contributed by atoms with Crippen LogP contribution in [0.2, 0.25) is 0 Å². The van der Waals surface area contributed by atoms with Crippen molar-refractivity contribution in [1.29, 1.82) is 0 Å². The van der Waals surface area contributed by atoms with Crippen LogP contribution >= 0.6 is 0 Å². The van der Waals surface area contributed by atoms with Crippen LogP contribution < -0.4 is 0 Å². The normalized spacial score (nSPS) is 18.7. The summed E-state index contributed by atoms with van der Waals surface area (Å²) >= 11 is 0. The molecule has 0 saturated carbocycles. The van der Waals surface area contributed by atoms with E-state index in [9.17, 15) is 14.7 Å². The average molecular weight is 249 g/mol. The van der Waals surface area contributed by atoms with Crippen LogP contribution in [0.5, 0.6) is 0 Å². The van der Waals surface area contributed by atoms with Crippen LogP contribution in [0.1, 0.15) is 23.6 Å². The SMILES string of the molecule is COC(=O)N1CCCc2ccccc2[C@@H]1C(=O)O. The molecule has 1 aliphatic heterocycles. The lowest BCUT2D eigenvalue weighted by Crippen LogP contribution is -2.38. The molecule has 5 heteroatoms. The number of amides is 1. The number of fused-ring (bicyclic) bond motifs is 1. The minimum Gasteiger partial charge on any atom is -0.479 e. The summed E-state index contributed by atoms with van der Waals surface area (Å²) in [4.78, 5) is 24.4. The summed E-state index contributed by atoms with van der Waals surface area (Å²) < 4.78 is 4.66. The van der Waals surface area contributed by atoms with Gasteiger partial charge < -0.3 is 9.84 Å². The second-order valence-electron chi connectivity index (χ2n) is 4.21. The minimum atomic E-state index is -1.03. The van der Waals surface area contributed by atoms with Gasteiger partial charge in [-0.2, -0.15) is 0 Å². The smallest absolute Gasteiger partial charge is 0.410 e. The van der Waals surface area contributed by atoms with Crippen molar-refractivity contribution in [2.75, 3.05) is 13.7 Å². The molecule has 0 radical (unpaired) electrons. The molecule has 5 nitrogen and oxygen atoms in total. The molecule has 1 aromatic rings. The van der Waals surface area contributed by atoms with E-state index in [1.165, 1.54) is 12.0 Å². The Labute approximate surface area is 105 Å². The third-order valence-electron chi connectivity index (χ3n) is 3.15. The zero-order valence-corrected chi connectivity index (χ0v) is 10.1. The van der Waals surface area contributed by atoms with Crippen LogP contribution in [0.3, 0.4) is 0 Å². The van der Waals surface area contributed by atoms with Crippen LogP contribution in [0.25, 0.3) is 0 Å². The van der Waals surface area contributed by atoms with Crippen molar-refractivity contribution in [3.8, 4) is 0 Å². The molecular weight excluding hydrogens is 234 g/mol. The van der Waals surface area contributed by atoms with Crippen LogP contribution in [-0.4, -0.2) is 35.7 Å². The van der Waals surface area contributed by atoms with E-state index in [0.717, 1.165) is 18.4 Å². The standard InChI is InChI=1S/C13H15NO4/c1-18-13(17)14-8-4-6-9-5-2-3-7-10(9)11(14)12(15)16/h2-3,5,7,11H,4,6,8H2,1H3,(H,15,16)/t11-/m1/s1. The summed E-state index contributed by atoms with van der Waals surface area (Å²) in [6.07, 6.45) is 0.905. The van der Waals surface area contributed by atoms with Crippen LogP contribution in [-0.2, 0) is 16.0 Å². The molecule has 0 spiro atoms. The Bertz CT molecular complexity index is 472. The molecule has 1 aliphatic rings. The molecule has 1 atom stereocenters. The molecule has 0 aliphatic carbocycles. The number of carbonyl (C=O) groups excluding carboxylic acids is 1. The van der Waals surface area contributed by atoms with Gasteiger partial charge in [0.2, 0.25) is 0 Å². The number of methoxy groups -OCH3 is 1. The van der Waals surface area contributed by atoms with E-state index in [1.807, 2.05) is 12.1 Å². The molecule has 0 fully saturated rings. The van der Waals surface area contributed by atoms with E-state index in [1.54, 1.807) is 12.1 Å². The van der Waals surface area contributed by atoms with Crippen LogP contribution in [0.4, 0.5) is 4.79 Å². The van der Waals surface area contributed by atoms with E-state index >= 15 is 0 Å². The number of rotatable bonds is 1. The predicted molar refractivity (Wildman–Crippen MR) is 64.3 cm³/mol. The third-order valence-corrected chi connectivity index (χ3v) is 3.15. The summed E-state index contributed by atoms with van der Waals surface area (Å²) in [6, 6.07) is 6.37. The highest BCUT2D eigenvalue weighted by atomic mass is 16.5. The first kappa shape index (κ1) is 12.4. The molecule has 1 aromatic carbocycles. The fourth-order valence-electron chi connectivity index (χ4n) is 2.35. The van der Waals surface area contributed by atoms with Crippen molar-refractivity contribution < 1.29 is 19.4 Å². The minimum absolute atomic E-state index is 0.387. The van der Waals surface area contributed by atoms with E-state index in [2.05, 4.69) is 4.74 Å². The third kappa shape index (κ3) is 2.16. The highest BCUT2D eigenvalue weighted by molar-refractivity contribution is 5.82. The lowest BCUT2D eigenvalue weighted by atomic mass is 9.99. The van der Waals surface area contributed by atoms with E-state index in [4.69, 9.17) is 0 Å². The molecule has 2 rings (SSSR count). The molecule has 1 amide bonds. The van der Waals surface area contributed by atoms with E-state index in [0.29, 0.717) is 12.1 Å². The summed E-state index contributed by atoms with van der Waals surface area (Å²) in [5.74, 6) is -1.03. The largest absolute Gasteiger partial charge is 0.479 e. The molecule has 1 heterocycles. The van der Waals surface area contributed by atoms with Crippen molar-refractivity contribution in [3.63, 3.8) is 0 Å². The number of aryl methyl sites for hydroxylation is 1. The van der Waals surface area contributed by atoms with Gasteiger partial charge in [-0.15, -0.1) is 0 Å². The first-order chi connectivity index (χ1) is 8.65. The van der Waals surface area contributed by atoms with Crippen LogP contribution in [0, 0.1) is 0 Å². The van der Waals surface area contributed by atoms with E-state index in [-0.39, 0.29) is 0 Å². The Balaban J connectivity index is 2.47. The maximum Gasteiger partial charge on any atom is 0.410 e. The number of carboxylic acids is 1. The van der Waals surface area contributed by atoms with Crippen molar-refractivity contribution in [2.24, 2.45) is 0 Å². The van der Waals surface area contributed by atoms with Gasteiger partial charge in [0.05, 0.1) is 7.11 Å². The van der Waals surface area contributed by atoms with Gasteiger partial charge in [-0.1, -0.05) is 24.3 Å². The van der Waals surface area contributed by atoms with Gasteiger partial charge >= 0.3 is 12.1 Å². The molecule has 1 N–H and O–H groups in total. The van der Waals surface area contributed by atoms with E-state index < -0.39 is 18.1 Å². The highest BCUT2D eigenvalue weighted by Crippen LogP contribution is 2.29. The van der Waals surface area contributed by atoms with Gasteiger partial charge in [0.15, 0.2) is 6.04 Å². The maximum atomic E-state index is 11.7. The van der Waals surface area contributed by atoms with Crippen molar-refractivity contribution >= 4 is 12.1 Å². The van der Waals surface area contributed by atoms with Gasteiger partial charge in [0, 0.05) is 6.54 Å². The molecule has 96 valence electrons. The number of hydrogen-bond acceptors (Lipinski definition) is 3. The first-order valence-electron chi connectivity index (χ1n) is 5.80. The zero-order valence-electron chi connectivity index (χ0n) is 10.1. The highest BCUT2D eigenvalue weighted by Gasteiger charge is 2.34. The number of aliphatic carboxylic acids is 1. The number of ether oxygens (including phenoxy) is 1. The van der Waals surface area contributed by atoms with Crippen molar-refractivity contribution in [2.45, 2.75) is 18.9 Å². The van der Waals surface area contributed by atoms with Gasteiger partial charge in [-0.05, 0) is 24.0 Å². The Hall–Kier alpha value is -2.04. The summed E-state index contributed by atoms with van der Waals surface area (Å²) in [5, 5.41) is 9.38. The predicted octanol–water partition coefficient (Wildman–Crippen LogP) is 1.83. The second kappa shape index (κ2) is 5.08. The van der Waals surface area contributed by atoms with Gasteiger partial charge in [-0.25, -0.2) is 9.59 Å². The summed E-state index contributed by atoms with van der Waals surface area (Å²) in [5.41, 5.74) is 1.66. The number of carbonyl (C=O) groups is 2. The average Bonchev–Trinajstić information content (AvgIpc) is 2.56. The van der Waals surface area contributed by atoms with Crippen LogP contribution in [0.15, 0.2) is 24.3 Å². The van der Waals surface area contributed by atoms with Crippen molar-refractivity contribution in [1.82, 2.24) is 4.90 Å². The molecule has 18 heavy (non-hydrogen) atoms. The molecule has 0 aromatic heterocycles. The summed E-state index contributed by atoms with van der Waals surface area (Å²) in [6.45, 7) is 0.387. The van der Waals surface area contributed by atoms with Gasteiger partial charge in [0.1, 0.15) is 0 Å². The fraction of sp³-hybridized carbons (Fsp3) is 0.385. The monoisotopic (exact) mass is 249 g/mol. The second-order valence-corrected chi connectivity index (χ2v) is 4.21. The summed E-state index contributed by atoms with van der Waals surface area (Å²) in [7, 11) is 1.26. The lowest BCUT2D eigenvalue weighted by Gasteiger charge is -2.26. The topological polar surface area (TPSA) is 66.8 Å². The fourth-order valence-corrected chi connectivity index (χ4v) is 2.35. The molecular formula is C13H15NO4. The quantitative estimate of drug-likeness (QED) is 0.824. The Morgan fingerprint density at radius 3 is 2.78 bits per heavy atom. The Morgan fingerprint density at radius 1 is 1.39 bits per heavy atom. The maximum absolute atomic E-state index is 11.7. The number of carboxylic acid groups (broad SMARTS) is 1. The lowest BCUT2D eigenvalue weighted by molar-refractivity contribution is -0.142. The Morgan fingerprint density at radius 2 is 2.11 bits per heavy atom. The Kier molecular flexibility index (Phi) is 3.50. The number of nitrogens with zero attached hydrogens (tertiary/aromatic N) is 1. The van der Waals surface area contributed by atoms with Gasteiger partial charge in [-0.3, -0.25) is 4.90 Å². The molecule has 0 saturated heterocycles. The number of benzene rings is 1. The molecule has 0 unspecified atom stereocenters. The zero-order chi connectivity index (χ0) is 13.1. The number of hydrogen-bond donors (Lipinski definition) is 1. The van der Waals surface area contributed by atoms with Gasteiger partial charge in [0.25, 0.3) is 0 Å².